The van der Waals surface area contributed by atoms with E-state index in [1.807, 2.05) is 13.2 Å². The van der Waals surface area contributed by atoms with Crippen LogP contribution in [0.2, 0.25) is 0 Å². The van der Waals surface area contributed by atoms with Gasteiger partial charge in [-0.05, 0) is 30.5 Å². The molecule has 0 bridgehead atoms. The zero-order chi connectivity index (χ0) is 17.4. The van der Waals surface area contributed by atoms with E-state index in [1.54, 1.807) is 4.68 Å². The Bertz CT molecular complexity index is 918. The lowest BCUT2D eigenvalue weighted by atomic mass is 10.1. The van der Waals surface area contributed by atoms with Crippen molar-refractivity contribution in [2.24, 2.45) is 7.05 Å². The van der Waals surface area contributed by atoms with Crippen molar-refractivity contribution >= 4 is 16.9 Å². The lowest BCUT2D eigenvalue weighted by Crippen LogP contribution is -2.06. The summed E-state index contributed by atoms with van der Waals surface area (Å²) in [6, 6.07) is 6.40. The Morgan fingerprint density at radius 2 is 2.20 bits per heavy atom. The van der Waals surface area contributed by atoms with Crippen molar-refractivity contribution in [3.05, 3.63) is 41.3 Å². The first kappa shape index (κ1) is 15.9. The molecule has 1 aliphatic rings. The summed E-state index contributed by atoms with van der Waals surface area (Å²) in [4.78, 5) is 9.33. The first-order valence-corrected chi connectivity index (χ1v) is 8.85. The predicted octanol–water partition coefficient (Wildman–Crippen LogP) is 3.25. The minimum Gasteiger partial charge on any atom is -0.490 e. The fourth-order valence-corrected chi connectivity index (χ4v) is 3.31. The third kappa shape index (κ3) is 3.04. The third-order valence-corrected chi connectivity index (χ3v) is 4.53. The summed E-state index contributed by atoms with van der Waals surface area (Å²) in [6.07, 6.45) is 4.96. The zero-order valence-corrected chi connectivity index (χ0v) is 14.9. The first-order valence-electron chi connectivity index (χ1n) is 8.85. The normalized spacial score (nSPS) is 16.0. The summed E-state index contributed by atoms with van der Waals surface area (Å²) < 4.78 is 7.58. The van der Waals surface area contributed by atoms with Gasteiger partial charge in [0.2, 0.25) is 0 Å². The van der Waals surface area contributed by atoms with Gasteiger partial charge in [0.25, 0.3) is 0 Å². The maximum atomic E-state index is 5.78. The Balaban J connectivity index is 1.59. The molecule has 1 aliphatic heterocycles. The number of benzene rings is 1. The van der Waals surface area contributed by atoms with Gasteiger partial charge in [0, 0.05) is 26.4 Å². The molecule has 0 saturated carbocycles. The van der Waals surface area contributed by atoms with Crippen molar-refractivity contribution < 1.29 is 4.74 Å². The molecule has 0 aliphatic carbocycles. The molecule has 130 valence electrons. The summed E-state index contributed by atoms with van der Waals surface area (Å²) in [7, 11) is 1.91. The fraction of sp³-hybridized carbons (Fsp3) is 0.421. The molecule has 0 fully saturated rings. The van der Waals surface area contributed by atoms with E-state index in [0.29, 0.717) is 6.54 Å². The molecule has 25 heavy (non-hydrogen) atoms. The van der Waals surface area contributed by atoms with Crippen LogP contribution in [0, 0.1) is 0 Å². The summed E-state index contributed by atoms with van der Waals surface area (Å²) in [5.41, 5.74) is 3.38. The van der Waals surface area contributed by atoms with Crippen LogP contribution in [0.25, 0.3) is 11.0 Å². The highest BCUT2D eigenvalue weighted by Gasteiger charge is 2.19. The highest BCUT2D eigenvalue weighted by molar-refractivity contribution is 5.86. The maximum Gasteiger partial charge on any atom is 0.163 e. The van der Waals surface area contributed by atoms with Gasteiger partial charge in [-0.25, -0.2) is 9.97 Å². The molecule has 3 heterocycles. The van der Waals surface area contributed by atoms with Crippen molar-refractivity contribution in [1.82, 2.24) is 19.7 Å². The van der Waals surface area contributed by atoms with E-state index < -0.39 is 0 Å². The zero-order valence-electron chi connectivity index (χ0n) is 14.9. The van der Waals surface area contributed by atoms with Gasteiger partial charge < -0.3 is 10.1 Å². The van der Waals surface area contributed by atoms with Crippen LogP contribution in [0.1, 0.15) is 37.2 Å². The Kier molecular flexibility index (Phi) is 4.03. The minimum absolute atomic E-state index is 0.270. The molecule has 6 heteroatoms. The van der Waals surface area contributed by atoms with Crippen LogP contribution in [0.15, 0.2) is 24.4 Å². The lowest BCUT2D eigenvalue weighted by molar-refractivity contribution is 0.254. The number of nitrogens with zero attached hydrogens (tertiary/aromatic N) is 4. The van der Waals surface area contributed by atoms with Crippen LogP contribution in [0.5, 0.6) is 5.75 Å². The predicted molar refractivity (Wildman–Crippen MR) is 97.9 cm³/mol. The molecule has 0 amide bonds. The van der Waals surface area contributed by atoms with Crippen LogP contribution in [0.4, 0.5) is 5.82 Å². The Morgan fingerprint density at radius 3 is 3.04 bits per heavy atom. The van der Waals surface area contributed by atoms with Crippen LogP contribution in [0.3, 0.4) is 0 Å². The van der Waals surface area contributed by atoms with Crippen molar-refractivity contribution in [1.29, 1.82) is 0 Å². The van der Waals surface area contributed by atoms with E-state index in [0.717, 1.165) is 47.7 Å². The van der Waals surface area contributed by atoms with Crippen molar-refractivity contribution in [3.63, 3.8) is 0 Å². The fourth-order valence-electron chi connectivity index (χ4n) is 3.31. The third-order valence-electron chi connectivity index (χ3n) is 4.53. The Hall–Kier alpha value is -2.63. The number of hydrogen-bond acceptors (Lipinski definition) is 5. The van der Waals surface area contributed by atoms with Crippen LogP contribution < -0.4 is 10.1 Å². The maximum absolute atomic E-state index is 5.78. The molecule has 6 nitrogen and oxygen atoms in total. The number of fused-ring (bicyclic) bond motifs is 2. The monoisotopic (exact) mass is 337 g/mol. The lowest BCUT2D eigenvalue weighted by Gasteiger charge is -2.10. The summed E-state index contributed by atoms with van der Waals surface area (Å²) in [5, 5.41) is 8.76. The molecule has 2 aromatic heterocycles. The molecule has 1 atom stereocenters. The van der Waals surface area contributed by atoms with Gasteiger partial charge in [-0.15, -0.1) is 0 Å². The van der Waals surface area contributed by atoms with Gasteiger partial charge in [0.1, 0.15) is 23.5 Å². The van der Waals surface area contributed by atoms with E-state index in [9.17, 15) is 0 Å². The van der Waals surface area contributed by atoms with E-state index >= 15 is 0 Å². The number of ether oxygens (including phenoxy) is 1. The largest absolute Gasteiger partial charge is 0.490 e. The molecule has 0 radical (unpaired) electrons. The second-order valence-corrected chi connectivity index (χ2v) is 6.67. The van der Waals surface area contributed by atoms with Gasteiger partial charge in [0.15, 0.2) is 5.65 Å². The van der Waals surface area contributed by atoms with Gasteiger partial charge in [-0.3, -0.25) is 4.68 Å². The van der Waals surface area contributed by atoms with Gasteiger partial charge in [-0.1, -0.05) is 19.1 Å². The molecule has 1 aromatic carbocycles. The number of rotatable bonds is 5. The molecule has 1 N–H and O–H groups in total. The molecular weight excluding hydrogens is 314 g/mol. The number of nitrogens with one attached hydrogen (secondary N) is 1. The molecular formula is C19H23N5O. The smallest absolute Gasteiger partial charge is 0.163 e. The van der Waals surface area contributed by atoms with E-state index in [4.69, 9.17) is 9.72 Å². The van der Waals surface area contributed by atoms with Gasteiger partial charge in [0.05, 0.1) is 11.6 Å². The molecule has 3 aromatic rings. The Labute approximate surface area is 147 Å². The van der Waals surface area contributed by atoms with Crippen LogP contribution in [-0.4, -0.2) is 25.9 Å². The molecule has 4 rings (SSSR count). The first-order chi connectivity index (χ1) is 12.1. The SMILES string of the molecule is CCCc1nc(NCc2ccc3c(c2)C[C@H](C)O3)c2cnn(C)c2n1. The van der Waals surface area contributed by atoms with Crippen molar-refractivity contribution in [2.75, 3.05) is 5.32 Å². The summed E-state index contributed by atoms with van der Waals surface area (Å²) in [5.74, 6) is 2.72. The Morgan fingerprint density at radius 1 is 1.32 bits per heavy atom. The molecule has 0 saturated heterocycles. The second kappa shape index (κ2) is 6.35. The standard InChI is InChI=1S/C19H23N5O/c1-4-5-17-22-18(15-11-21-24(3)19(15)23-17)20-10-13-6-7-16-14(9-13)8-12(2)25-16/h6-7,9,11-12H,4-5,8,10H2,1-3H3,(H,20,22,23)/t12-/m0/s1. The van der Waals surface area contributed by atoms with Gasteiger partial charge in [-0.2, -0.15) is 5.10 Å². The topological polar surface area (TPSA) is 64.9 Å². The van der Waals surface area contributed by atoms with Crippen molar-refractivity contribution in [2.45, 2.75) is 45.8 Å². The summed E-state index contributed by atoms with van der Waals surface area (Å²) in [6.45, 7) is 4.96. The number of anilines is 1. The second-order valence-electron chi connectivity index (χ2n) is 6.67. The van der Waals surface area contributed by atoms with Gasteiger partial charge >= 0.3 is 0 Å². The average molecular weight is 337 g/mol. The summed E-state index contributed by atoms with van der Waals surface area (Å²) >= 11 is 0. The van der Waals surface area contributed by atoms with E-state index in [-0.39, 0.29) is 6.10 Å². The number of aryl methyl sites for hydroxylation is 2. The van der Waals surface area contributed by atoms with Crippen LogP contribution >= 0.6 is 0 Å². The quantitative estimate of drug-likeness (QED) is 0.774. The minimum atomic E-state index is 0.270. The van der Waals surface area contributed by atoms with E-state index in [2.05, 4.69) is 47.4 Å². The average Bonchev–Trinajstić information content (AvgIpc) is 3.15. The van der Waals surface area contributed by atoms with Crippen molar-refractivity contribution in [3.8, 4) is 5.75 Å². The highest BCUT2D eigenvalue weighted by atomic mass is 16.5. The molecule has 0 unspecified atom stereocenters. The van der Waals surface area contributed by atoms with Crippen LogP contribution in [-0.2, 0) is 26.4 Å². The van der Waals surface area contributed by atoms with E-state index in [1.165, 1.54) is 11.1 Å². The highest BCUT2D eigenvalue weighted by Crippen LogP contribution is 2.29. The molecule has 0 spiro atoms. The number of aromatic nitrogens is 4. The number of hydrogen-bond donors (Lipinski definition) is 1.